The second-order valence-corrected chi connectivity index (χ2v) is 16.4. The summed E-state index contributed by atoms with van der Waals surface area (Å²) < 4.78 is 0. The van der Waals surface area contributed by atoms with Crippen molar-refractivity contribution in [1.82, 2.24) is 0 Å². The van der Waals surface area contributed by atoms with Gasteiger partial charge in [0.1, 0.15) is 0 Å². The molecule has 0 saturated heterocycles. The minimum Gasteiger partial charge on any atom is -0.399 e. The van der Waals surface area contributed by atoms with E-state index in [4.69, 9.17) is 11.5 Å². The van der Waals surface area contributed by atoms with E-state index in [-0.39, 0.29) is 0 Å². The maximum atomic E-state index is 6.14. The van der Waals surface area contributed by atoms with Crippen molar-refractivity contribution in [3.05, 3.63) is 129 Å². The summed E-state index contributed by atoms with van der Waals surface area (Å²) in [5, 5.41) is 0. The highest BCUT2D eigenvalue weighted by atomic mass is 14.5. The van der Waals surface area contributed by atoms with Gasteiger partial charge in [-0.1, -0.05) is 177 Å². The molecule has 0 amide bonds. The van der Waals surface area contributed by atoms with E-state index in [1.165, 1.54) is 186 Å². The van der Waals surface area contributed by atoms with Crippen LogP contribution in [0.4, 0.5) is 11.4 Å². The van der Waals surface area contributed by atoms with Gasteiger partial charge in [-0.3, -0.25) is 0 Å². The average Bonchev–Trinajstić information content (AvgIpc) is 3.18. The number of hydrogen-bond acceptors (Lipinski definition) is 2. The van der Waals surface area contributed by atoms with Gasteiger partial charge in [-0.15, -0.1) is 0 Å². The van der Waals surface area contributed by atoms with Gasteiger partial charge in [0.15, 0.2) is 0 Å². The van der Waals surface area contributed by atoms with Gasteiger partial charge >= 0.3 is 0 Å². The molecule has 0 fully saturated rings. The minimum atomic E-state index is 0.892. The predicted molar refractivity (Wildman–Crippen MR) is 239 cm³/mol. The molecule has 2 nitrogen and oxygen atoms in total. The first-order chi connectivity index (χ1) is 26.5. The quantitative estimate of drug-likeness (QED) is 0.0432. The monoisotopic (exact) mass is 729 g/mol. The molecular weight excluding hydrogens is 653 g/mol. The number of nitrogen functional groups attached to an aromatic ring is 2. The van der Waals surface area contributed by atoms with Crippen LogP contribution < -0.4 is 11.5 Å². The summed E-state index contributed by atoms with van der Waals surface area (Å²) >= 11 is 0. The van der Waals surface area contributed by atoms with Crippen LogP contribution >= 0.6 is 0 Å². The lowest BCUT2D eigenvalue weighted by molar-refractivity contribution is 0.540. The Labute approximate surface area is 332 Å². The third-order valence-electron chi connectivity index (χ3n) is 11.6. The summed E-state index contributed by atoms with van der Waals surface area (Å²) in [6.07, 6.45) is 33.6. The topological polar surface area (TPSA) is 52.0 Å². The normalized spacial score (nSPS) is 11.4. The van der Waals surface area contributed by atoms with E-state index in [9.17, 15) is 0 Å². The van der Waals surface area contributed by atoms with Crippen molar-refractivity contribution in [2.24, 2.45) is 0 Å². The molecule has 0 aliphatic carbocycles. The summed E-state index contributed by atoms with van der Waals surface area (Å²) in [6, 6.07) is 31.9. The van der Waals surface area contributed by atoms with Crippen LogP contribution in [0.25, 0.3) is 0 Å². The molecule has 0 heterocycles. The summed E-state index contributed by atoms with van der Waals surface area (Å²) in [5.74, 6) is 0. The molecule has 0 atom stereocenters. The first-order valence-corrected chi connectivity index (χ1v) is 22.4. The number of nitrogens with two attached hydrogens (primary N) is 2. The lowest BCUT2D eigenvalue weighted by atomic mass is 9.94. The maximum absolute atomic E-state index is 6.14. The zero-order valence-electron chi connectivity index (χ0n) is 34.6. The summed E-state index contributed by atoms with van der Waals surface area (Å²) in [7, 11) is 0. The molecule has 4 aromatic carbocycles. The van der Waals surface area contributed by atoms with E-state index < -0.39 is 0 Å². The number of anilines is 2. The Morgan fingerprint density at radius 1 is 0.296 bits per heavy atom. The predicted octanol–water partition coefficient (Wildman–Crippen LogP) is 14.7. The molecule has 0 aromatic heterocycles. The van der Waals surface area contributed by atoms with E-state index >= 15 is 0 Å². The minimum absolute atomic E-state index is 0.892. The third kappa shape index (κ3) is 17.3. The molecule has 54 heavy (non-hydrogen) atoms. The highest BCUT2D eigenvalue weighted by Gasteiger charge is 2.08. The first kappa shape index (κ1) is 43.2. The molecule has 0 bridgehead atoms. The molecule has 0 radical (unpaired) electrons. The SMILES string of the molecule is CCCCCCc1cc(N)ccc1Cc1ccc(CCCCCCCCCCCCCCc2ccc(Cc3ccc(N)cc3CCCCCC)cc2)cc1. The molecule has 4 rings (SSSR count). The molecule has 0 saturated carbocycles. The van der Waals surface area contributed by atoms with Gasteiger partial charge in [0.25, 0.3) is 0 Å². The van der Waals surface area contributed by atoms with Crippen molar-refractivity contribution in [1.29, 1.82) is 0 Å². The largest absolute Gasteiger partial charge is 0.399 e. The van der Waals surface area contributed by atoms with Crippen LogP contribution in [0.15, 0.2) is 84.9 Å². The van der Waals surface area contributed by atoms with Gasteiger partial charge in [-0.05, 0) is 133 Å². The zero-order chi connectivity index (χ0) is 38.1. The fourth-order valence-corrected chi connectivity index (χ4v) is 8.10. The zero-order valence-corrected chi connectivity index (χ0v) is 34.6. The summed E-state index contributed by atoms with van der Waals surface area (Å²) in [4.78, 5) is 0. The molecule has 294 valence electrons. The van der Waals surface area contributed by atoms with Crippen LogP contribution in [0.2, 0.25) is 0 Å². The van der Waals surface area contributed by atoms with Gasteiger partial charge in [-0.2, -0.15) is 0 Å². The Kier molecular flexibility index (Phi) is 21.1. The average molecular weight is 729 g/mol. The lowest BCUT2D eigenvalue weighted by Crippen LogP contribution is -1.99. The number of benzene rings is 4. The van der Waals surface area contributed by atoms with E-state index in [0.29, 0.717) is 0 Å². The third-order valence-corrected chi connectivity index (χ3v) is 11.6. The van der Waals surface area contributed by atoms with Gasteiger partial charge < -0.3 is 11.5 Å². The Balaban J connectivity index is 0.977. The van der Waals surface area contributed by atoms with Crippen molar-refractivity contribution < 1.29 is 0 Å². The van der Waals surface area contributed by atoms with Crippen molar-refractivity contribution in [2.75, 3.05) is 11.5 Å². The standard InChI is InChI=1S/C52H76N2/c1-3-5-7-21-25-47-41-51(53)37-35-49(47)39-45-31-27-43(28-32-45)23-19-17-15-13-11-9-10-12-14-16-18-20-24-44-29-33-46(34-30-44)40-50-36-38-52(54)42-48(50)26-22-8-6-4-2/h27-38,41-42H,3-26,39-40,53-54H2,1-2H3. The molecule has 2 heteroatoms. The molecule has 4 N–H and O–H groups in total. The van der Waals surface area contributed by atoms with Gasteiger partial charge in [0, 0.05) is 11.4 Å². The lowest BCUT2D eigenvalue weighted by Gasteiger charge is -2.12. The van der Waals surface area contributed by atoms with Crippen LogP contribution in [-0.2, 0) is 38.5 Å². The maximum Gasteiger partial charge on any atom is 0.0316 e. The van der Waals surface area contributed by atoms with Crippen LogP contribution in [0, 0.1) is 0 Å². The second-order valence-electron chi connectivity index (χ2n) is 16.4. The number of hydrogen-bond donors (Lipinski definition) is 2. The van der Waals surface area contributed by atoms with E-state index in [2.05, 4.69) is 98.8 Å². The summed E-state index contributed by atoms with van der Waals surface area (Å²) in [5.41, 5.74) is 25.6. The Morgan fingerprint density at radius 3 is 0.944 bits per heavy atom. The second kappa shape index (κ2) is 26.3. The fourth-order valence-electron chi connectivity index (χ4n) is 8.10. The van der Waals surface area contributed by atoms with E-state index in [0.717, 1.165) is 37.1 Å². The van der Waals surface area contributed by atoms with Crippen molar-refractivity contribution in [2.45, 2.75) is 181 Å². The van der Waals surface area contributed by atoms with Crippen molar-refractivity contribution in [3.8, 4) is 0 Å². The number of rotatable bonds is 29. The highest BCUT2D eigenvalue weighted by molar-refractivity contribution is 5.47. The van der Waals surface area contributed by atoms with Crippen LogP contribution in [-0.4, -0.2) is 0 Å². The Hall–Kier alpha value is -3.52. The number of unbranched alkanes of at least 4 members (excludes halogenated alkanes) is 17. The van der Waals surface area contributed by atoms with Gasteiger partial charge in [-0.25, -0.2) is 0 Å². The smallest absolute Gasteiger partial charge is 0.0316 e. The molecule has 0 spiro atoms. The van der Waals surface area contributed by atoms with Crippen molar-refractivity contribution in [3.63, 3.8) is 0 Å². The fraction of sp³-hybridized carbons (Fsp3) is 0.538. The summed E-state index contributed by atoms with van der Waals surface area (Å²) in [6.45, 7) is 4.55. The molecule has 0 unspecified atom stereocenters. The van der Waals surface area contributed by atoms with Crippen LogP contribution in [0.1, 0.15) is 187 Å². The van der Waals surface area contributed by atoms with E-state index in [1.54, 1.807) is 0 Å². The van der Waals surface area contributed by atoms with Crippen molar-refractivity contribution >= 4 is 11.4 Å². The number of aryl methyl sites for hydroxylation is 4. The molecule has 4 aromatic rings. The Bertz CT molecular complexity index is 1430. The molecule has 0 aliphatic rings. The van der Waals surface area contributed by atoms with Crippen LogP contribution in [0.5, 0.6) is 0 Å². The first-order valence-electron chi connectivity index (χ1n) is 22.4. The van der Waals surface area contributed by atoms with Crippen LogP contribution in [0.3, 0.4) is 0 Å². The molecular formula is C52H76N2. The molecule has 0 aliphatic heterocycles. The van der Waals surface area contributed by atoms with Gasteiger partial charge in [0.2, 0.25) is 0 Å². The highest BCUT2D eigenvalue weighted by Crippen LogP contribution is 2.23. The van der Waals surface area contributed by atoms with E-state index in [1.807, 2.05) is 0 Å². The Morgan fingerprint density at radius 2 is 0.593 bits per heavy atom. The van der Waals surface area contributed by atoms with Gasteiger partial charge in [0.05, 0.1) is 0 Å².